The van der Waals surface area contributed by atoms with E-state index in [1.807, 2.05) is 26.0 Å². The Labute approximate surface area is 172 Å². The molecule has 1 atom stereocenters. The van der Waals surface area contributed by atoms with Gasteiger partial charge in [-0.25, -0.2) is 0 Å². The number of hydrogen-bond donors (Lipinski definition) is 1. The first kappa shape index (κ1) is 19.1. The SMILES string of the molecule is Cc1noc(C)c1-c1cc(Cl)c2c(c1)CC(CNC(=O)C=Cc1cccnn1)O2. The Morgan fingerprint density at radius 1 is 1.38 bits per heavy atom. The number of halogens is 1. The molecule has 1 aromatic carbocycles. The number of carbonyl (C=O) groups excluding carboxylic acids is 1. The smallest absolute Gasteiger partial charge is 0.244 e. The highest BCUT2D eigenvalue weighted by Gasteiger charge is 2.27. The molecule has 3 heterocycles. The van der Waals surface area contributed by atoms with Crippen LogP contribution in [0, 0.1) is 13.8 Å². The van der Waals surface area contributed by atoms with E-state index in [9.17, 15) is 4.79 Å². The fraction of sp³-hybridized carbons (Fsp3) is 0.238. The Morgan fingerprint density at radius 2 is 2.24 bits per heavy atom. The van der Waals surface area contributed by atoms with Crippen molar-refractivity contribution in [3.63, 3.8) is 0 Å². The summed E-state index contributed by atoms with van der Waals surface area (Å²) in [5.41, 5.74) is 4.33. The van der Waals surface area contributed by atoms with Gasteiger partial charge >= 0.3 is 0 Å². The average Bonchev–Trinajstić information content (AvgIpc) is 3.28. The zero-order valence-electron chi connectivity index (χ0n) is 16.0. The standard InChI is InChI=1S/C21H19ClN4O3/c1-12-20(13(2)29-26-12)14-8-15-9-17(28-21(15)18(22)10-14)11-23-19(27)6-5-16-4-3-7-24-25-16/h3-8,10,17H,9,11H2,1-2H3,(H,23,27). The van der Waals surface area contributed by atoms with E-state index >= 15 is 0 Å². The molecule has 0 bridgehead atoms. The van der Waals surface area contributed by atoms with E-state index < -0.39 is 0 Å². The molecule has 2 aromatic heterocycles. The molecule has 3 aromatic rings. The summed E-state index contributed by atoms with van der Waals surface area (Å²) in [5, 5.41) is 15.0. The second-order valence-electron chi connectivity index (χ2n) is 6.82. The predicted molar refractivity (Wildman–Crippen MR) is 109 cm³/mol. The summed E-state index contributed by atoms with van der Waals surface area (Å²) in [4.78, 5) is 12.1. The van der Waals surface area contributed by atoms with Crippen LogP contribution < -0.4 is 10.1 Å². The molecule has 7 nitrogen and oxygen atoms in total. The Morgan fingerprint density at radius 3 is 2.97 bits per heavy atom. The molecule has 0 saturated heterocycles. The quantitative estimate of drug-likeness (QED) is 0.647. The molecule has 1 aliphatic rings. The number of nitrogens with one attached hydrogen (secondary N) is 1. The van der Waals surface area contributed by atoms with Gasteiger partial charge in [0.2, 0.25) is 5.91 Å². The van der Waals surface area contributed by atoms with Crippen LogP contribution in [0.2, 0.25) is 5.02 Å². The molecule has 4 rings (SSSR count). The summed E-state index contributed by atoms with van der Waals surface area (Å²) in [6.07, 6.45) is 5.08. The van der Waals surface area contributed by atoms with Gasteiger partial charge in [0.15, 0.2) is 0 Å². The molecule has 148 valence electrons. The molecule has 0 spiro atoms. The second kappa shape index (κ2) is 8.05. The predicted octanol–water partition coefficient (Wildman–Crippen LogP) is 3.53. The summed E-state index contributed by atoms with van der Waals surface area (Å²) in [6.45, 7) is 4.14. The fourth-order valence-corrected chi connectivity index (χ4v) is 3.66. The lowest BCUT2D eigenvalue weighted by Crippen LogP contribution is -2.33. The maximum atomic E-state index is 12.1. The van der Waals surface area contributed by atoms with Crippen molar-refractivity contribution in [2.75, 3.05) is 6.54 Å². The van der Waals surface area contributed by atoms with Crippen molar-refractivity contribution in [2.24, 2.45) is 0 Å². The number of hydrogen-bond acceptors (Lipinski definition) is 6. The molecule has 1 unspecified atom stereocenters. The van der Waals surface area contributed by atoms with Crippen LogP contribution in [-0.2, 0) is 11.2 Å². The van der Waals surface area contributed by atoms with Gasteiger partial charge in [-0.1, -0.05) is 16.8 Å². The van der Waals surface area contributed by atoms with Gasteiger partial charge in [-0.15, -0.1) is 0 Å². The number of nitrogens with zero attached hydrogens (tertiary/aromatic N) is 3. The lowest BCUT2D eigenvalue weighted by atomic mass is 10.00. The van der Waals surface area contributed by atoms with Crippen molar-refractivity contribution in [2.45, 2.75) is 26.4 Å². The molecule has 0 aliphatic carbocycles. The first-order valence-electron chi connectivity index (χ1n) is 9.17. The summed E-state index contributed by atoms with van der Waals surface area (Å²) in [6, 6.07) is 7.43. The number of aryl methyl sites for hydroxylation is 2. The normalized spacial score (nSPS) is 15.3. The molecule has 1 amide bonds. The van der Waals surface area contributed by atoms with E-state index in [1.165, 1.54) is 6.08 Å². The lowest BCUT2D eigenvalue weighted by Gasteiger charge is -2.11. The third-order valence-electron chi connectivity index (χ3n) is 4.68. The second-order valence-corrected chi connectivity index (χ2v) is 7.22. The number of carbonyl (C=O) groups is 1. The van der Waals surface area contributed by atoms with E-state index in [0.717, 1.165) is 28.1 Å². The van der Waals surface area contributed by atoms with Gasteiger partial charge in [-0.05, 0) is 49.8 Å². The van der Waals surface area contributed by atoms with E-state index in [4.69, 9.17) is 20.9 Å². The van der Waals surface area contributed by atoms with E-state index in [1.54, 1.807) is 24.4 Å². The minimum absolute atomic E-state index is 0.184. The minimum Gasteiger partial charge on any atom is -0.486 e. The van der Waals surface area contributed by atoms with Gasteiger partial charge in [0.05, 0.1) is 23.0 Å². The fourth-order valence-electron chi connectivity index (χ4n) is 3.38. The molecule has 8 heteroatoms. The Kier molecular flexibility index (Phi) is 5.31. The van der Waals surface area contributed by atoms with Crippen LogP contribution in [0.4, 0.5) is 0 Å². The van der Waals surface area contributed by atoms with Crippen LogP contribution in [0.25, 0.3) is 17.2 Å². The van der Waals surface area contributed by atoms with E-state index in [-0.39, 0.29) is 12.0 Å². The van der Waals surface area contributed by atoms with Crippen molar-refractivity contribution in [1.29, 1.82) is 0 Å². The molecule has 29 heavy (non-hydrogen) atoms. The van der Waals surface area contributed by atoms with Gasteiger partial charge in [0, 0.05) is 29.8 Å². The summed E-state index contributed by atoms with van der Waals surface area (Å²) < 4.78 is 11.2. The third kappa shape index (κ3) is 4.14. The largest absolute Gasteiger partial charge is 0.486 e. The highest BCUT2D eigenvalue weighted by molar-refractivity contribution is 6.32. The number of benzene rings is 1. The summed E-state index contributed by atoms with van der Waals surface area (Å²) >= 11 is 6.45. The van der Waals surface area contributed by atoms with Crippen LogP contribution in [0.1, 0.15) is 22.7 Å². The van der Waals surface area contributed by atoms with E-state index in [2.05, 4.69) is 20.7 Å². The minimum atomic E-state index is -0.224. The van der Waals surface area contributed by atoms with Crippen LogP contribution >= 0.6 is 11.6 Å². The highest BCUT2D eigenvalue weighted by atomic mass is 35.5. The van der Waals surface area contributed by atoms with Gasteiger partial charge < -0.3 is 14.6 Å². The van der Waals surface area contributed by atoms with Crippen LogP contribution in [0.5, 0.6) is 5.75 Å². The average molecular weight is 411 g/mol. The number of ether oxygens (including phenoxy) is 1. The van der Waals surface area contributed by atoms with E-state index in [0.29, 0.717) is 29.4 Å². The van der Waals surface area contributed by atoms with Crippen molar-refractivity contribution in [3.05, 3.63) is 64.3 Å². The first-order chi connectivity index (χ1) is 14.0. The molecule has 0 fully saturated rings. The van der Waals surface area contributed by atoms with Gasteiger partial charge in [0.25, 0.3) is 0 Å². The van der Waals surface area contributed by atoms with Gasteiger partial charge in [-0.3, -0.25) is 4.79 Å². The molecular formula is C21H19ClN4O3. The number of fused-ring (bicyclic) bond motifs is 1. The van der Waals surface area contributed by atoms with Crippen molar-refractivity contribution in [3.8, 4) is 16.9 Å². The van der Waals surface area contributed by atoms with Crippen molar-refractivity contribution >= 4 is 23.6 Å². The van der Waals surface area contributed by atoms with Gasteiger partial charge in [0.1, 0.15) is 17.6 Å². The number of aromatic nitrogens is 3. The Bertz CT molecular complexity index is 1060. The van der Waals surface area contributed by atoms with Crippen LogP contribution in [-0.4, -0.2) is 33.9 Å². The number of amides is 1. The zero-order chi connectivity index (χ0) is 20.4. The molecular weight excluding hydrogens is 392 g/mol. The molecule has 0 radical (unpaired) electrons. The van der Waals surface area contributed by atoms with Crippen molar-refractivity contribution in [1.82, 2.24) is 20.7 Å². The molecule has 0 saturated carbocycles. The number of rotatable bonds is 5. The zero-order valence-corrected chi connectivity index (χ0v) is 16.7. The monoisotopic (exact) mass is 410 g/mol. The van der Waals surface area contributed by atoms with Crippen LogP contribution in [0.15, 0.2) is 41.1 Å². The molecule has 1 aliphatic heterocycles. The topological polar surface area (TPSA) is 90.1 Å². The summed E-state index contributed by atoms with van der Waals surface area (Å²) in [7, 11) is 0. The molecule has 1 N–H and O–H groups in total. The highest BCUT2D eigenvalue weighted by Crippen LogP contribution is 2.40. The maximum absolute atomic E-state index is 12.1. The summed E-state index contributed by atoms with van der Waals surface area (Å²) in [5.74, 6) is 1.19. The van der Waals surface area contributed by atoms with Gasteiger partial charge in [-0.2, -0.15) is 10.2 Å². The van der Waals surface area contributed by atoms with Crippen molar-refractivity contribution < 1.29 is 14.1 Å². The third-order valence-corrected chi connectivity index (χ3v) is 4.96. The Hall–Kier alpha value is -3.19. The maximum Gasteiger partial charge on any atom is 0.244 e. The Balaban J connectivity index is 1.41. The lowest BCUT2D eigenvalue weighted by molar-refractivity contribution is -0.116. The van der Waals surface area contributed by atoms with Crippen LogP contribution in [0.3, 0.4) is 0 Å². The first-order valence-corrected chi connectivity index (χ1v) is 9.55.